The lowest BCUT2D eigenvalue weighted by Gasteiger charge is -2.37. The first-order valence-electron chi connectivity index (χ1n) is 13.1. The quantitative estimate of drug-likeness (QED) is 0.375. The Bertz CT molecular complexity index is 1150. The molecule has 2 fully saturated rings. The van der Waals surface area contributed by atoms with Gasteiger partial charge in [-0.25, -0.2) is 0 Å². The predicted molar refractivity (Wildman–Crippen MR) is 149 cm³/mol. The Balaban J connectivity index is 1.28. The highest BCUT2D eigenvalue weighted by Gasteiger charge is 2.36. The minimum absolute atomic E-state index is 0.180. The van der Waals surface area contributed by atoms with Crippen molar-refractivity contribution in [2.24, 2.45) is 5.92 Å². The molecule has 1 atom stereocenters. The van der Waals surface area contributed by atoms with E-state index in [9.17, 15) is 9.59 Å². The summed E-state index contributed by atoms with van der Waals surface area (Å²) in [6, 6.07) is 6.33. The number of amides is 2. The standard InChI is InChI=1S/C28H32Br2ClN3O2/c29-21-14-20-7-6-19-15-22(31)16-23(30)26(19)27(28(20)32-17-21)18-8-12-34(13-9-18)25(36)5-3-11-33-10-2-1-4-24(33)35/h14-18,27H,1-13H2/t27-/m1/s1. The molecule has 1 aromatic carbocycles. The van der Waals surface area contributed by atoms with Crippen LogP contribution in [-0.4, -0.2) is 52.8 Å². The van der Waals surface area contributed by atoms with Crippen LogP contribution in [0.25, 0.3) is 0 Å². The van der Waals surface area contributed by atoms with Gasteiger partial charge in [0.2, 0.25) is 11.8 Å². The van der Waals surface area contributed by atoms with Gasteiger partial charge in [-0.2, -0.15) is 0 Å². The normalized spacial score (nSPS) is 20.6. The van der Waals surface area contributed by atoms with Crippen LogP contribution in [0.5, 0.6) is 0 Å². The third-order valence-electron chi connectivity index (χ3n) is 8.02. The molecular formula is C28H32Br2ClN3O2. The van der Waals surface area contributed by atoms with Crippen LogP contribution in [0, 0.1) is 5.92 Å². The molecule has 2 saturated heterocycles. The first-order valence-corrected chi connectivity index (χ1v) is 15.0. The van der Waals surface area contributed by atoms with Gasteiger partial charge in [0.25, 0.3) is 0 Å². The summed E-state index contributed by atoms with van der Waals surface area (Å²) in [5.74, 6) is 1.04. The van der Waals surface area contributed by atoms with E-state index in [4.69, 9.17) is 16.6 Å². The third kappa shape index (κ3) is 5.68. The highest BCUT2D eigenvalue weighted by Crippen LogP contribution is 2.46. The second kappa shape index (κ2) is 11.5. The molecule has 1 aromatic heterocycles. The topological polar surface area (TPSA) is 53.5 Å². The highest BCUT2D eigenvalue weighted by atomic mass is 79.9. The number of hydrogen-bond donors (Lipinski definition) is 0. The molecule has 5 rings (SSSR count). The highest BCUT2D eigenvalue weighted by molar-refractivity contribution is 9.10. The summed E-state index contributed by atoms with van der Waals surface area (Å²) in [5.41, 5.74) is 5.05. The number of halogens is 3. The molecule has 0 saturated carbocycles. The van der Waals surface area contributed by atoms with Gasteiger partial charge in [0.15, 0.2) is 0 Å². The molecule has 192 valence electrons. The number of carbonyl (C=O) groups excluding carboxylic acids is 2. The Morgan fingerprint density at radius 2 is 1.81 bits per heavy atom. The van der Waals surface area contributed by atoms with Gasteiger partial charge >= 0.3 is 0 Å². The smallest absolute Gasteiger partial charge is 0.222 e. The number of rotatable bonds is 5. The maximum absolute atomic E-state index is 13.0. The van der Waals surface area contributed by atoms with E-state index in [0.717, 1.165) is 84.2 Å². The zero-order chi connectivity index (χ0) is 25.2. The Labute approximate surface area is 235 Å². The van der Waals surface area contributed by atoms with Crippen molar-refractivity contribution in [2.45, 2.75) is 63.7 Å². The van der Waals surface area contributed by atoms with Crippen LogP contribution in [0.4, 0.5) is 0 Å². The number of aromatic nitrogens is 1. The van der Waals surface area contributed by atoms with Gasteiger partial charge in [-0.15, -0.1) is 0 Å². The summed E-state index contributed by atoms with van der Waals surface area (Å²) in [6.07, 6.45) is 9.69. The maximum atomic E-state index is 13.0. The van der Waals surface area contributed by atoms with Crippen molar-refractivity contribution in [3.05, 3.63) is 60.7 Å². The average molecular weight is 638 g/mol. The van der Waals surface area contributed by atoms with Crippen molar-refractivity contribution in [3.63, 3.8) is 0 Å². The Morgan fingerprint density at radius 1 is 1.03 bits per heavy atom. The fraction of sp³-hybridized carbons (Fsp3) is 0.536. The largest absolute Gasteiger partial charge is 0.343 e. The number of aryl methyl sites for hydroxylation is 2. The van der Waals surface area contributed by atoms with E-state index in [0.29, 0.717) is 25.3 Å². The molecular weight excluding hydrogens is 606 g/mol. The number of carbonyl (C=O) groups is 2. The number of benzene rings is 1. The van der Waals surface area contributed by atoms with E-state index in [2.05, 4.69) is 44.0 Å². The van der Waals surface area contributed by atoms with E-state index in [1.807, 2.05) is 22.1 Å². The number of hydrogen-bond acceptors (Lipinski definition) is 3. The minimum Gasteiger partial charge on any atom is -0.343 e. The molecule has 0 radical (unpaired) electrons. The molecule has 0 N–H and O–H groups in total. The lowest BCUT2D eigenvalue weighted by Crippen LogP contribution is -2.41. The van der Waals surface area contributed by atoms with Crippen molar-refractivity contribution >= 4 is 55.3 Å². The van der Waals surface area contributed by atoms with E-state index in [1.54, 1.807) is 0 Å². The molecule has 2 aromatic rings. The third-order valence-corrected chi connectivity index (χ3v) is 9.33. The van der Waals surface area contributed by atoms with Crippen LogP contribution in [0.15, 0.2) is 33.3 Å². The zero-order valence-corrected chi connectivity index (χ0v) is 24.4. The van der Waals surface area contributed by atoms with Gasteiger partial charge in [-0.3, -0.25) is 14.6 Å². The van der Waals surface area contributed by atoms with Crippen LogP contribution in [0.1, 0.15) is 73.2 Å². The number of pyridine rings is 1. The number of fused-ring (bicyclic) bond motifs is 2. The average Bonchev–Trinajstić information content (AvgIpc) is 3.02. The van der Waals surface area contributed by atoms with Crippen LogP contribution < -0.4 is 0 Å². The molecule has 2 aliphatic heterocycles. The molecule has 3 heterocycles. The van der Waals surface area contributed by atoms with Crippen molar-refractivity contribution in [1.29, 1.82) is 0 Å². The molecule has 2 amide bonds. The van der Waals surface area contributed by atoms with Crippen LogP contribution >= 0.6 is 43.5 Å². The maximum Gasteiger partial charge on any atom is 0.222 e. The van der Waals surface area contributed by atoms with E-state index in [1.165, 1.54) is 16.7 Å². The van der Waals surface area contributed by atoms with Crippen molar-refractivity contribution < 1.29 is 9.59 Å². The summed E-state index contributed by atoms with van der Waals surface area (Å²) >= 11 is 13.9. The fourth-order valence-electron chi connectivity index (χ4n) is 6.19. The molecule has 36 heavy (non-hydrogen) atoms. The molecule has 0 unspecified atom stereocenters. The lowest BCUT2D eigenvalue weighted by atomic mass is 9.76. The first kappa shape index (κ1) is 26.2. The van der Waals surface area contributed by atoms with Crippen LogP contribution in [-0.2, 0) is 22.4 Å². The second-order valence-corrected chi connectivity index (χ2v) is 12.5. The zero-order valence-electron chi connectivity index (χ0n) is 20.4. The van der Waals surface area contributed by atoms with E-state index in [-0.39, 0.29) is 17.7 Å². The summed E-state index contributed by atoms with van der Waals surface area (Å²) < 4.78 is 2.06. The molecule has 5 nitrogen and oxygen atoms in total. The fourth-order valence-corrected chi connectivity index (χ4v) is 7.69. The first-order chi connectivity index (χ1) is 17.4. The van der Waals surface area contributed by atoms with E-state index < -0.39 is 0 Å². The number of likely N-dealkylation sites (tertiary alicyclic amines) is 2. The number of nitrogens with zero attached hydrogens (tertiary/aromatic N) is 3. The van der Waals surface area contributed by atoms with Gasteiger partial charge in [0, 0.05) is 65.1 Å². The molecule has 0 bridgehead atoms. The summed E-state index contributed by atoms with van der Waals surface area (Å²) in [5, 5.41) is 0.756. The lowest BCUT2D eigenvalue weighted by molar-refractivity contribution is -0.135. The SMILES string of the molecule is O=C1CCCCN1CCCC(=O)N1CCC([C@H]2c3ncc(Br)cc3CCc3cc(Cl)cc(Br)c32)CC1. The van der Waals surface area contributed by atoms with Gasteiger partial charge < -0.3 is 9.80 Å². The summed E-state index contributed by atoms with van der Waals surface area (Å²) in [6.45, 7) is 3.09. The second-order valence-electron chi connectivity index (χ2n) is 10.3. The minimum atomic E-state index is 0.180. The van der Waals surface area contributed by atoms with Crippen LogP contribution in [0.2, 0.25) is 5.02 Å². The van der Waals surface area contributed by atoms with Crippen molar-refractivity contribution in [1.82, 2.24) is 14.8 Å². The molecule has 1 aliphatic carbocycles. The number of piperidine rings is 2. The monoisotopic (exact) mass is 635 g/mol. The van der Waals surface area contributed by atoms with Crippen molar-refractivity contribution in [3.8, 4) is 0 Å². The Morgan fingerprint density at radius 3 is 2.58 bits per heavy atom. The Hall–Kier alpha value is -1.44. The molecule has 3 aliphatic rings. The predicted octanol–water partition coefficient (Wildman–Crippen LogP) is 6.52. The van der Waals surface area contributed by atoms with E-state index >= 15 is 0 Å². The van der Waals surface area contributed by atoms with Gasteiger partial charge in [0.1, 0.15) is 0 Å². The van der Waals surface area contributed by atoms with Crippen molar-refractivity contribution in [2.75, 3.05) is 26.2 Å². The molecule has 8 heteroatoms. The van der Waals surface area contributed by atoms with Gasteiger partial charge in [-0.05, 0) is 102 Å². The summed E-state index contributed by atoms with van der Waals surface area (Å²) in [4.78, 5) is 33.9. The summed E-state index contributed by atoms with van der Waals surface area (Å²) in [7, 11) is 0. The van der Waals surface area contributed by atoms with Crippen LogP contribution in [0.3, 0.4) is 0 Å². The van der Waals surface area contributed by atoms with Gasteiger partial charge in [-0.1, -0.05) is 27.5 Å². The molecule has 0 spiro atoms. The van der Waals surface area contributed by atoms with Gasteiger partial charge in [0.05, 0.1) is 5.69 Å². The Kier molecular flexibility index (Phi) is 8.38.